The highest BCUT2D eigenvalue weighted by atomic mass is 16.5. The van der Waals surface area contributed by atoms with Gasteiger partial charge in [0.1, 0.15) is 5.75 Å². The first-order valence-corrected chi connectivity index (χ1v) is 15.0. The van der Waals surface area contributed by atoms with Gasteiger partial charge in [0.25, 0.3) is 5.91 Å². The Morgan fingerprint density at radius 3 is 2.42 bits per heavy atom. The van der Waals surface area contributed by atoms with Gasteiger partial charge in [-0.1, -0.05) is 24.3 Å². The van der Waals surface area contributed by atoms with Crippen LogP contribution >= 0.6 is 0 Å². The SMILES string of the molecule is CCOC(=O)CN1CCCN(C(=O)c2cccc(C(c3cccc(O)c3)N3CCN(CC4CC4)CC3C)c2)CC1. The fourth-order valence-corrected chi connectivity index (χ4v) is 6.28. The molecule has 2 atom stereocenters. The summed E-state index contributed by atoms with van der Waals surface area (Å²) in [5.74, 6) is 0.943. The average Bonchev–Trinajstić information content (AvgIpc) is 3.78. The highest BCUT2D eigenvalue weighted by Gasteiger charge is 2.34. The number of nitrogens with zero attached hydrogens (tertiary/aromatic N) is 4. The molecule has 216 valence electrons. The van der Waals surface area contributed by atoms with E-state index in [1.807, 2.05) is 42.2 Å². The van der Waals surface area contributed by atoms with Gasteiger partial charge >= 0.3 is 5.97 Å². The van der Waals surface area contributed by atoms with Gasteiger partial charge in [-0.15, -0.1) is 0 Å². The number of rotatable bonds is 9. The third-order valence-corrected chi connectivity index (χ3v) is 8.48. The first-order valence-electron chi connectivity index (χ1n) is 15.0. The van der Waals surface area contributed by atoms with Crippen molar-refractivity contribution in [1.82, 2.24) is 19.6 Å². The van der Waals surface area contributed by atoms with Gasteiger partial charge in [0.15, 0.2) is 0 Å². The van der Waals surface area contributed by atoms with Gasteiger partial charge in [-0.25, -0.2) is 0 Å². The van der Waals surface area contributed by atoms with Crippen LogP contribution < -0.4 is 0 Å². The first kappa shape index (κ1) is 28.6. The van der Waals surface area contributed by atoms with E-state index in [9.17, 15) is 14.7 Å². The van der Waals surface area contributed by atoms with E-state index in [2.05, 4.69) is 33.8 Å². The number of phenols is 1. The smallest absolute Gasteiger partial charge is 0.320 e. The highest BCUT2D eigenvalue weighted by Crippen LogP contribution is 2.35. The molecule has 1 saturated carbocycles. The second-order valence-corrected chi connectivity index (χ2v) is 11.6. The van der Waals surface area contributed by atoms with E-state index in [1.54, 1.807) is 6.07 Å². The van der Waals surface area contributed by atoms with Crippen LogP contribution in [0.15, 0.2) is 48.5 Å². The van der Waals surface area contributed by atoms with Crippen molar-refractivity contribution in [2.45, 2.75) is 45.2 Å². The van der Waals surface area contributed by atoms with E-state index in [-0.39, 0.29) is 30.2 Å². The highest BCUT2D eigenvalue weighted by molar-refractivity contribution is 5.94. The van der Waals surface area contributed by atoms with Crippen molar-refractivity contribution in [1.29, 1.82) is 0 Å². The molecule has 5 rings (SSSR count). The topological polar surface area (TPSA) is 76.6 Å². The summed E-state index contributed by atoms with van der Waals surface area (Å²) in [7, 11) is 0. The summed E-state index contributed by atoms with van der Waals surface area (Å²) in [5.41, 5.74) is 2.79. The molecule has 1 amide bonds. The summed E-state index contributed by atoms with van der Waals surface area (Å²) >= 11 is 0. The summed E-state index contributed by atoms with van der Waals surface area (Å²) < 4.78 is 5.11. The molecule has 2 aliphatic heterocycles. The molecule has 2 unspecified atom stereocenters. The lowest BCUT2D eigenvalue weighted by Gasteiger charge is -2.44. The maximum Gasteiger partial charge on any atom is 0.320 e. The molecule has 2 heterocycles. The lowest BCUT2D eigenvalue weighted by atomic mass is 9.93. The van der Waals surface area contributed by atoms with Gasteiger partial charge in [-0.2, -0.15) is 0 Å². The minimum absolute atomic E-state index is 0.0248. The zero-order valence-electron chi connectivity index (χ0n) is 24.0. The lowest BCUT2D eigenvalue weighted by molar-refractivity contribution is -0.144. The van der Waals surface area contributed by atoms with Crippen molar-refractivity contribution in [2.24, 2.45) is 5.92 Å². The number of carbonyl (C=O) groups excluding carboxylic acids is 2. The van der Waals surface area contributed by atoms with Crippen molar-refractivity contribution >= 4 is 11.9 Å². The Bertz CT molecular complexity index is 1170. The zero-order valence-corrected chi connectivity index (χ0v) is 24.0. The number of hydrogen-bond acceptors (Lipinski definition) is 7. The minimum atomic E-state index is -0.212. The van der Waals surface area contributed by atoms with Gasteiger partial charge in [-0.05, 0) is 74.4 Å². The standard InChI is InChI=1S/C32H44N4O4/c1-3-40-30(38)23-33-13-6-14-35(17-15-33)32(39)28-9-4-7-26(19-28)31(27-8-5-10-29(37)20-27)36-18-16-34(21-24(36)2)22-25-11-12-25/h4-5,7-10,19-20,24-25,31,37H,3,6,11-18,21-23H2,1-2H3. The van der Waals surface area contributed by atoms with Crippen molar-refractivity contribution in [3.8, 4) is 5.75 Å². The number of esters is 1. The van der Waals surface area contributed by atoms with Crippen LogP contribution in [0.3, 0.4) is 0 Å². The van der Waals surface area contributed by atoms with E-state index >= 15 is 0 Å². The molecule has 2 aromatic carbocycles. The quantitative estimate of drug-likeness (QED) is 0.480. The van der Waals surface area contributed by atoms with Gasteiger partial charge < -0.3 is 19.6 Å². The monoisotopic (exact) mass is 548 g/mol. The number of piperazine rings is 1. The third-order valence-electron chi connectivity index (χ3n) is 8.48. The Balaban J connectivity index is 1.33. The molecule has 2 aromatic rings. The van der Waals surface area contributed by atoms with Crippen LogP contribution in [-0.2, 0) is 9.53 Å². The molecule has 2 saturated heterocycles. The Labute approximate surface area is 238 Å². The Morgan fingerprint density at radius 2 is 1.70 bits per heavy atom. The molecule has 0 bridgehead atoms. The van der Waals surface area contributed by atoms with Crippen molar-refractivity contribution in [2.75, 3.05) is 65.5 Å². The van der Waals surface area contributed by atoms with Crippen LogP contribution in [0.25, 0.3) is 0 Å². The largest absolute Gasteiger partial charge is 0.508 e. The average molecular weight is 549 g/mol. The predicted molar refractivity (Wildman–Crippen MR) is 155 cm³/mol. The number of aromatic hydroxyl groups is 1. The molecule has 3 aliphatic rings. The lowest BCUT2D eigenvalue weighted by Crippen LogP contribution is -2.53. The maximum absolute atomic E-state index is 13.7. The summed E-state index contributed by atoms with van der Waals surface area (Å²) in [6.07, 6.45) is 3.54. The predicted octanol–water partition coefficient (Wildman–Crippen LogP) is 3.61. The van der Waals surface area contributed by atoms with Gasteiger partial charge in [0, 0.05) is 64.0 Å². The van der Waals surface area contributed by atoms with Crippen LogP contribution in [0.5, 0.6) is 5.75 Å². The summed E-state index contributed by atoms with van der Waals surface area (Å²) in [6.45, 7) is 11.6. The third kappa shape index (κ3) is 7.22. The van der Waals surface area contributed by atoms with Crippen molar-refractivity contribution < 1.29 is 19.4 Å². The number of ether oxygens (including phenoxy) is 1. The number of phenolic OH excluding ortho intramolecular Hbond substituents is 1. The number of hydrogen-bond donors (Lipinski definition) is 1. The van der Waals surface area contributed by atoms with E-state index in [1.165, 1.54) is 19.4 Å². The maximum atomic E-state index is 13.7. The molecule has 0 aromatic heterocycles. The van der Waals surface area contributed by atoms with Crippen LogP contribution in [0.1, 0.15) is 60.6 Å². The summed E-state index contributed by atoms with van der Waals surface area (Å²) in [6, 6.07) is 15.9. The Kier molecular flexibility index (Phi) is 9.40. The second kappa shape index (κ2) is 13.1. The van der Waals surface area contributed by atoms with Crippen LogP contribution in [-0.4, -0.2) is 108 Å². The normalized spacial score (nSPS) is 22.1. The Morgan fingerprint density at radius 1 is 0.950 bits per heavy atom. The molecule has 0 radical (unpaired) electrons. The number of benzene rings is 2. The van der Waals surface area contributed by atoms with Crippen molar-refractivity contribution in [3.05, 3.63) is 65.2 Å². The fourth-order valence-electron chi connectivity index (χ4n) is 6.28. The molecule has 8 nitrogen and oxygen atoms in total. The molecule has 8 heteroatoms. The summed E-state index contributed by atoms with van der Waals surface area (Å²) in [4.78, 5) is 34.8. The molecule has 1 N–H and O–H groups in total. The zero-order chi connectivity index (χ0) is 28.1. The molecule has 1 aliphatic carbocycles. The number of carbonyl (C=O) groups is 2. The van der Waals surface area contributed by atoms with E-state index < -0.39 is 0 Å². The van der Waals surface area contributed by atoms with Crippen LogP contribution in [0.2, 0.25) is 0 Å². The van der Waals surface area contributed by atoms with Gasteiger partial charge in [0.05, 0.1) is 19.2 Å². The Hall–Kier alpha value is -2.94. The van der Waals surface area contributed by atoms with E-state index in [0.29, 0.717) is 37.8 Å². The molecule has 3 fully saturated rings. The number of amides is 1. The second-order valence-electron chi connectivity index (χ2n) is 11.6. The van der Waals surface area contributed by atoms with Gasteiger partial charge in [-0.3, -0.25) is 19.4 Å². The minimum Gasteiger partial charge on any atom is -0.508 e. The van der Waals surface area contributed by atoms with Crippen LogP contribution in [0, 0.1) is 5.92 Å². The molecule has 40 heavy (non-hydrogen) atoms. The molecular formula is C32H44N4O4. The summed E-state index contributed by atoms with van der Waals surface area (Å²) in [5, 5.41) is 10.3. The van der Waals surface area contributed by atoms with E-state index in [0.717, 1.165) is 49.6 Å². The molecule has 0 spiro atoms. The molecular weight excluding hydrogens is 504 g/mol. The van der Waals surface area contributed by atoms with E-state index in [4.69, 9.17) is 4.74 Å². The van der Waals surface area contributed by atoms with Crippen LogP contribution in [0.4, 0.5) is 0 Å². The fraction of sp³-hybridized carbons (Fsp3) is 0.562. The van der Waals surface area contributed by atoms with Gasteiger partial charge in [0.2, 0.25) is 0 Å². The van der Waals surface area contributed by atoms with Crippen molar-refractivity contribution in [3.63, 3.8) is 0 Å². The first-order chi connectivity index (χ1) is 19.4.